The van der Waals surface area contributed by atoms with Crippen LogP contribution in [-0.4, -0.2) is 38.6 Å². The number of hydrogen-bond donors (Lipinski definition) is 2. The van der Waals surface area contributed by atoms with Gasteiger partial charge in [-0.1, -0.05) is 0 Å². The molecule has 1 aromatic carbocycles. The third kappa shape index (κ3) is 3.60. The van der Waals surface area contributed by atoms with Crippen LogP contribution in [0.15, 0.2) is 36.5 Å². The summed E-state index contributed by atoms with van der Waals surface area (Å²) in [6.45, 7) is 2.68. The Labute approximate surface area is 151 Å². The molecule has 0 unspecified atom stereocenters. The lowest BCUT2D eigenvalue weighted by Gasteiger charge is -2.14. The lowest BCUT2D eigenvalue weighted by Crippen LogP contribution is -2.16. The normalized spacial score (nSPS) is 10.8. The van der Waals surface area contributed by atoms with E-state index in [4.69, 9.17) is 10.5 Å². The Morgan fingerprint density at radius 2 is 2.04 bits per heavy atom. The second kappa shape index (κ2) is 7.40. The van der Waals surface area contributed by atoms with E-state index >= 15 is 0 Å². The summed E-state index contributed by atoms with van der Waals surface area (Å²) in [7, 11) is 3.60. The number of carbonyl (C=O) groups is 1. The van der Waals surface area contributed by atoms with E-state index in [2.05, 4.69) is 15.5 Å². The zero-order chi connectivity index (χ0) is 18.7. The topological polar surface area (TPSA) is 100.0 Å². The van der Waals surface area contributed by atoms with E-state index in [0.29, 0.717) is 30.3 Å². The van der Waals surface area contributed by atoms with Gasteiger partial charge in [0.15, 0.2) is 0 Å². The predicted octanol–water partition coefficient (Wildman–Crippen LogP) is 1.72. The first-order valence-electron chi connectivity index (χ1n) is 8.27. The van der Waals surface area contributed by atoms with Gasteiger partial charge in [-0.2, -0.15) is 10.2 Å². The van der Waals surface area contributed by atoms with Crippen molar-refractivity contribution in [1.29, 1.82) is 0 Å². The number of carbonyl (C=O) groups excluding carboxylic acids is 1. The predicted molar refractivity (Wildman–Crippen MR) is 99.1 cm³/mol. The van der Waals surface area contributed by atoms with Crippen LogP contribution in [0, 0.1) is 6.92 Å². The van der Waals surface area contributed by atoms with Crippen molar-refractivity contribution < 1.29 is 9.53 Å². The molecule has 136 valence electrons. The fourth-order valence-electron chi connectivity index (χ4n) is 2.76. The van der Waals surface area contributed by atoms with Gasteiger partial charge in [-0.15, -0.1) is 0 Å². The van der Waals surface area contributed by atoms with Crippen LogP contribution in [0.2, 0.25) is 0 Å². The molecule has 2 aromatic heterocycles. The Bertz CT molecular complexity index is 928. The van der Waals surface area contributed by atoms with Crippen molar-refractivity contribution >= 4 is 11.6 Å². The first-order chi connectivity index (χ1) is 12.5. The highest BCUT2D eigenvalue weighted by Gasteiger charge is 2.15. The maximum atomic E-state index is 12.5. The molecule has 1 amide bonds. The summed E-state index contributed by atoms with van der Waals surface area (Å²) in [5, 5.41) is 11.3. The summed E-state index contributed by atoms with van der Waals surface area (Å²) >= 11 is 0. The number of aryl methyl sites for hydroxylation is 3. The van der Waals surface area contributed by atoms with Crippen molar-refractivity contribution in [2.24, 2.45) is 19.8 Å². The van der Waals surface area contributed by atoms with E-state index < -0.39 is 0 Å². The zero-order valence-electron chi connectivity index (χ0n) is 15.1. The van der Waals surface area contributed by atoms with Crippen molar-refractivity contribution in [2.45, 2.75) is 6.92 Å². The van der Waals surface area contributed by atoms with E-state index in [1.165, 1.54) is 0 Å². The molecule has 8 heteroatoms. The molecule has 0 saturated carbocycles. The Balaban J connectivity index is 1.92. The van der Waals surface area contributed by atoms with E-state index in [1.54, 1.807) is 34.7 Å². The Morgan fingerprint density at radius 1 is 1.23 bits per heavy atom. The Kier molecular flexibility index (Phi) is 5.04. The van der Waals surface area contributed by atoms with Crippen LogP contribution in [-0.2, 0) is 14.1 Å². The van der Waals surface area contributed by atoms with Gasteiger partial charge in [0.2, 0.25) is 0 Å². The molecule has 26 heavy (non-hydrogen) atoms. The SMILES string of the molecule is Cc1cc(C(=O)Nc2ccc(OCCN)c(-c3ccnn3C)c2)n(C)n1. The standard InChI is InChI=1S/C18H22N6O2/c1-12-10-16(24(3)22-12)18(25)21-13-4-5-17(26-9-7-19)14(11-13)15-6-8-20-23(15)2/h4-6,8,10-11H,7,9,19H2,1-3H3,(H,21,25). The van der Waals surface area contributed by atoms with Crippen LogP contribution < -0.4 is 15.8 Å². The maximum absolute atomic E-state index is 12.5. The average molecular weight is 354 g/mol. The number of hydrogen-bond acceptors (Lipinski definition) is 5. The number of amides is 1. The lowest BCUT2D eigenvalue weighted by atomic mass is 10.1. The molecular formula is C18H22N6O2. The van der Waals surface area contributed by atoms with Gasteiger partial charge >= 0.3 is 0 Å². The largest absolute Gasteiger partial charge is 0.492 e. The minimum Gasteiger partial charge on any atom is -0.492 e. The molecule has 0 saturated heterocycles. The number of rotatable bonds is 6. The minimum absolute atomic E-state index is 0.223. The molecule has 2 heterocycles. The van der Waals surface area contributed by atoms with Gasteiger partial charge < -0.3 is 15.8 Å². The van der Waals surface area contributed by atoms with Crippen molar-refractivity contribution in [2.75, 3.05) is 18.5 Å². The third-order valence-corrected chi connectivity index (χ3v) is 3.94. The molecule has 0 aliphatic carbocycles. The molecule has 0 radical (unpaired) electrons. The van der Waals surface area contributed by atoms with Crippen LogP contribution in [0.1, 0.15) is 16.2 Å². The number of aromatic nitrogens is 4. The van der Waals surface area contributed by atoms with Gasteiger partial charge in [0.05, 0.1) is 11.4 Å². The van der Waals surface area contributed by atoms with Crippen LogP contribution in [0.4, 0.5) is 5.69 Å². The second-order valence-corrected chi connectivity index (χ2v) is 5.94. The monoisotopic (exact) mass is 354 g/mol. The molecule has 3 N–H and O–H groups in total. The summed E-state index contributed by atoms with van der Waals surface area (Å²) in [6, 6.07) is 9.12. The number of ether oxygens (including phenoxy) is 1. The highest BCUT2D eigenvalue weighted by atomic mass is 16.5. The average Bonchev–Trinajstić information content (AvgIpc) is 3.18. The number of benzene rings is 1. The van der Waals surface area contributed by atoms with E-state index in [1.807, 2.05) is 32.2 Å². The Hall–Kier alpha value is -3.13. The van der Waals surface area contributed by atoms with Gasteiger partial charge in [-0.05, 0) is 37.3 Å². The fourth-order valence-corrected chi connectivity index (χ4v) is 2.76. The zero-order valence-corrected chi connectivity index (χ0v) is 15.1. The maximum Gasteiger partial charge on any atom is 0.273 e. The van der Waals surface area contributed by atoms with E-state index in [-0.39, 0.29) is 5.91 Å². The van der Waals surface area contributed by atoms with Crippen LogP contribution in [0.5, 0.6) is 5.75 Å². The molecular weight excluding hydrogens is 332 g/mol. The summed E-state index contributed by atoms with van der Waals surface area (Å²) in [4.78, 5) is 12.5. The summed E-state index contributed by atoms with van der Waals surface area (Å²) in [5.41, 5.74) is 9.20. The van der Waals surface area contributed by atoms with E-state index in [0.717, 1.165) is 17.0 Å². The van der Waals surface area contributed by atoms with Crippen LogP contribution in [0.3, 0.4) is 0 Å². The van der Waals surface area contributed by atoms with Gasteiger partial charge in [0, 0.05) is 38.1 Å². The number of nitrogens with zero attached hydrogens (tertiary/aromatic N) is 4. The molecule has 8 nitrogen and oxygen atoms in total. The molecule has 0 aliphatic rings. The second-order valence-electron chi connectivity index (χ2n) is 5.94. The molecule has 0 fully saturated rings. The van der Waals surface area contributed by atoms with Gasteiger partial charge in [0.1, 0.15) is 18.1 Å². The highest BCUT2D eigenvalue weighted by molar-refractivity contribution is 6.03. The van der Waals surface area contributed by atoms with Crippen molar-refractivity contribution in [3.8, 4) is 17.0 Å². The number of anilines is 1. The summed E-state index contributed by atoms with van der Waals surface area (Å²) in [6.07, 6.45) is 1.71. The fraction of sp³-hybridized carbons (Fsp3) is 0.278. The number of nitrogens with two attached hydrogens (primary N) is 1. The molecule has 0 spiro atoms. The van der Waals surface area contributed by atoms with Crippen molar-refractivity contribution in [3.05, 3.63) is 47.9 Å². The van der Waals surface area contributed by atoms with Crippen LogP contribution in [0.25, 0.3) is 11.3 Å². The lowest BCUT2D eigenvalue weighted by molar-refractivity contribution is 0.101. The van der Waals surface area contributed by atoms with Gasteiger partial charge in [-0.3, -0.25) is 14.2 Å². The first-order valence-corrected chi connectivity index (χ1v) is 8.27. The Morgan fingerprint density at radius 3 is 2.65 bits per heavy atom. The molecule has 0 aliphatic heterocycles. The molecule has 3 rings (SSSR count). The van der Waals surface area contributed by atoms with Crippen molar-refractivity contribution in [1.82, 2.24) is 19.6 Å². The van der Waals surface area contributed by atoms with Gasteiger partial charge in [0.25, 0.3) is 5.91 Å². The molecule has 3 aromatic rings. The first kappa shape index (κ1) is 17.7. The quantitative estimate of drug-likeness (QED) is 0.702. The van der Waals surface area contributed by atoms with Gasteiger partial charge in [-0.25, -0.2) is 0 Å². The summed E-state index contributed by atoms with van der Waals surface area (Å²) < 4.78 is 9.05. The molecule has 0 bridgehead atoms. The smallest absolute Gasteiger partial charge is 0.273 e. The molecule has 0 atom stereocenters. The third-order valence-electron chi connectivity index (χ3n) is 3.94. The van der Waals surface area contributed by atoms with E-state index in [9.17, 15) is 4.79 Å². The number of nitrogens with one attached hydrogen (secondary N) is 1. The highest BCUT2D eigenvalue weighted by Crippen LogP contribution is 2.32. The van der Waals surface area contributed by atoms with Crippen molar-refractivity contribution in [3.63, 3.8) is 0 Å². The summed E-state index contributed by atoms with van der Waals surface area (Å²) in [5.74, 6) is 0.466. The van der Waals surface area contributed by atoms with Crippen LogP contribution >= 0.6 is 0 Å². The minimum atomic E-state index is -0.223.